The molecule has 0 aliphatic heterocycles. The van der Waals surface area contributed by atoms with Crippen LogP contribution in [0, 0.1) is 0 Å². The third-order valence-corrected chi connectivity index (χ3v) is 8.59. The van der Waals surface area contributed by atoms with Crippen LogP contribution in [-0.2, 0) is 9.59 Å². The second kappa shape index (κ2) is 15.2. The first-order valence-corrected chi connectivity index (χ1v) is 16.3. The molecule has 4 aromatic carbocycles. The van der Waals surface area contributed by atoms with Crippen LogP contribution in [0.5, 0.6) is 5.75 Å². The van der Waals surface area contributed by atoms with E-state index in [0.29, 0.717) is 23.0 Å². The minimum absolute atomic E-state index is 0.102. The highest BCUT2D eigenvalue weighted by atomic mass is 32.2. The second-order valence-electron chi connectivity index (χ2n) is 10.3. The van der Waals surface area contributed by atoms with Gasteiger partial charge >= 0.3 is 0 Å². The van der Waals surface area contributed by atoms with Gasteiger partial charge in [-0.2, -0.15) is 0 Å². The van der Waals surface area contributed by atoms with Crippen molar-refractivity contribution in [3.8, 4) is 5.75 Å². The van der Waals surface area contributed by atoms with Crippen molar-refractivity contribution in [2.24, 2.45) is 0 Å². The van der Waals surface area contributed by atoms with Crippen molar-refractivity contribution in [1.29, 1.82) is 0 Å². The number of hydrogen-bond acceptors (Lipinski definition) is 8. The van der Waals surface area contributed by atoms with Gasteiger partial charge < -0.3 is 25.6 Å². The molecule has 0 spiro atoms. The topological polar surface area (TPSA) is 113 Å². The van der Waals surface area contributed by atoms with Crippen LogP contribution in [0.3, 0.4) is 0 Å². The molecule has 3 amide bonds. The molecule has 0 saturated heterocycles. The molecule has 3 N–H and O–H groups in total. The Morgan fingerprint density at radius 2 is 1.65 bits per heavy atom. The number of thioether (sulfide) groups is 1. The van der Waals surface area contributed by atoms with Crippen LogP contribution in [0.1, 0.15) is 22.8 Å². The predicted molar refractivity (Wildman–Crippen MR) is 188 cm³/mol. The molecule has 234 valence electrons. The maximum absolute atomic E-state index is 13.4. The van der Waals surface area contributed by atoms with Gasteiger partial charge in [0.25, 0.3) is 11.8 Å². The summed E-state index contributed by atoms with van der Waals surface area (Å²) in [6.45, 7) is 2.51. The van der Waals surface area contributed by atoms with Crippen molar-refractivity contribution in [3.63, 3.8) is 0 Å². The fourth-order valence-electron chi connectivity index (χ4n) is 4.33. The Morgan fingerprint density at radius 1 is 0.913 bits per heavy atom. The molecule has 1 aromatic heterocycles. The van der Waals surface area contributed by atoms with E-state index in [4.69, 9.17) is 4.74 Å². The highest BCUT2D eigenvalue weighted by molar-refractivity contribution is 8.00. The predicted octanol–water partition coefficient (Wildman–Crippen LogP) is 6.90. The van der Waals surface area contributed by atoms with Crippen LogP contribution in [-0.4, -0.2) is 49.2 Å². The number of fused-ring (bicyclic) bond motifs is 1. The van der Waals surface area contributed by atoms with Crippen molar-refractivity contribution in [3.05, 3.63) is 114 Å². The first kappa shape index (κ1) is 32.3. The highest BCUT2D eigenvalue weighted by Crippen LogP contribution is 2.30. The number of amides is 3. The van der Waals surface area contributed by atoms with Gasteiger partial charge in [-0.1, -0.05) is 41.7 Å². The second-order valence-corrected chi connectivity index (χ2v) is 12.3. The zero-order valence-electron chi connectivity index (χ0n) is 25.6. The van der Waals surface area contributed by atoms with E-state index in [1.165, 1.54) is 23.1 Å². The van der Waals surface area contributed by atoms with E-state index >= 15 is 0 Å². The van der Waals surface area contributed by atoms with E-state index in [0.717, 1.165) is 32.1 Å². The van der Waals surface area contributed by atoms with E-state index in [2.05, 4.69) is 20.9 Å². The van der Waals surface area contributed by atoms with Crippen LogP contribution >= 0.6 is 23.1 Å². The van der Waals surface area contributed by atoms with E-state index in [-0.39, 0.29) is 17.4 Å². The number of thiazole rings is 1. The Morgan fingerprint density at radius 3 is 2.35 bits per heavy atom. The Labute approximate surface area is 275 Å². The van der Waals surface area contributed by atoms with Crippen LogP contribution in [0.2, 0.25) is 0 Å². The maximum Gasteiger partial charge on any atom is 0.272 e. The summed E-state index contributed by atoms with van der Waals surface area (Å²) in [7, 11) is 3.90. The minimum atomic E-state index is -0.468. The number of carbonyl (C=O) groups is 3. The lowest BCUT2D eigenvalue weighted by molar-refractivity contribution is -0.114. The molecule has 46 heavy (non-hydrogen) atoms. The summed E-state index contributed by atoms with van der Waals surface area (Å²) in [4.78, 5) is 46.2. The Kier molecular flexibility index (Phi) is 10.7. The van der Waals surface area contributed by atoms with Gasteiger partial charge in [0.15, 0.2) is 5.13 Å². The van der Waals surface area contributed by atoms with Crippen molar-refractivity contribution < 1.29 is 19.1 Å². The summed E-state index contributed by atoms with van der Waals surface area (Å²) in [6, 6.07) is 29.2. The molecular formula is C35H33N5O4S2. The normalized spacial score (nSPS) is 11.2. The van der Waals surface area contributed by atoms with Crippen LogP contribution in [0.4, 0.5) is 16.5 Å². The molecule has 5 aromatic rings. The van der Waals surface area contributed by atoms with Gasteiger partial charge in [0.1, 0.15) is 11.4 Å². The maximum atomic E-state index is 13.4. The fraction of sp³-hybridized carbons (Fsp3) is 0.143. The molecule has 0 aliphatic rings. The molecular weight excluding hydrogens is 619 g/mol. The SMILES string of the molecule is CCOc1ccc2nc(NC(=O)CSc3ccc(NC(=O)/C(=C/c4ccc(N(C)C)cc4)NC(=O)c4ccccc4)cc3)sc2c1. The van der Waals surface area contributed by atoms with E-state index < -0.39 is 11.8 Å². The standard InChI is InChI=1S/C35H33N5O4S2/c1-4-44-27-16-19-29-31(21-27)46-35(38-29)39-32(41)22-45-28-17-12-25(13-18-28)36-34(43)30(37-33(42)24-8-6-5-7-9-24)20-23-10-14-26(15-11-23)40(2)3/h5-21H,4,22H2,1-3H3,(H,36,43)(H,37,42)(H,38,39,41)/b30-20-. The molecule has 9 nitrogen and oxygen atoms in total. The summed E-state index contributed by atoms with van der Waals surface area (Å²) in [5.74, 6) is -0.0700. The molecule has 5 rings (SSSR count). The van der Waals surface area contributed by atoms with Gasteiger partial charge in [-0.05, 0) is 85.3 Å². The molecule has 0 aliphatic carbocycles. The number of anilines is 3. The lowest BCUT2D eigenvalue weighted by Crippen LogP contribution is -2.30. The molecule has 0 fully saturated rings. The van der Waals surface area contributed by atoms with E-state index in [1.807, 2.05) is 86.6 Å². The van der Waals surface area contributed by atoms with E-state index in [1.54, 1.807) is 42.5 Å². The summed E-state index contributed by atoms with van der Waals surface area (Å²) >= 11 is 2.76. The van der Waals surface area contributed by atoms with E-state index in [9.17, 15) is 14.4 Å². The van der Waals surface area contributed by atoms with Gasteiger partial charge in [0.05, 0.1) is 22.6 Å². The third-order valence-electron chi connectivity index (χ3n) is 6.65. The van der Waals surface area contributed by atoms with Gasteiger partial charge in [-0.15, -0.1) is 11.8 Å². The smallest absolute Gasteiger partial charge is 0.272 e. The molecule has 0 atom stereocenters. The summed E-state index contributed by atoms with van der Waals surface area (Å²) < 4.78 is 6.48. The summed E-state index contributed by atoms with van der Waals surface area (Å²) in [5, 5.41) is 9.02. The first-order chi connectivity index (χ1) is 22.3. The van der Waals surface area contributed by atoms with Gasteiger partial charge in [-0.25, -0.2) is 4.98 Å². The summed E-state index contributed by atoms with van der Waals surface area (Å²) in [5.41, 5.74) is 3.66. The quantitative estimate of drug-likeness (QED) is 0.0994. The van der Waals surface area contributed by atoms with Crippen molar-refractivity contribution in [2.45, 2.75) is 11.8 Å². The Bertz CT molecular complexity index is 1850. The van der Waals surface area contributed by atoms with Gasteiger partial charge in [0.2, 0.25) is 5.91 Å². The fourth-order valence-corrected chi connectivity index (χ4v) is 5.94. The number of nitrogens with one attached hydrogen (secondary N) is 3. The first-order valence-electron chi connectivity index (χ1n) is 14.5. The van der Waals surface area contributed by atoms with Gasteiger partial charge in [-0.3, -0.25) is 14.4 Å². The van der Waals surface area contributed by atoms with Crippen LogP contribution in [0.15, 0.2) is 108 Å². The number of hydrogen-bond donors (Lipinski definition) is 3. The average Bonchev–Trinajstić information content (AvgIpc) is 3.46. The number of ether oxygens (including phenoxy) is 1. The highest BCUT2D eigenvalue weighted by Gasteiger charge is 2.16. The van der Waals surface area contributed by atoms with Gasteiger partial charge in [0, 0.05) is 35.9 Å². The largest absolute Gasteiger partial charge is 0.494 e. The lowest BCUT2D eigenvalue weighted by Gasteiger charge is -2.13. The van der Waals surface area contributed by atoms with Crippen molar-refractivity contribution in [1.82, 2.24) is 10.3 Å². The zero-order valence-corrected chi connectivity index (χ0v) is 27.2. The third kappa shape index (κ3) is 8.74. The zero-order chi connectivity index (χ0) is 32.5. The monoisotopic (exact) mass is 651 g/mol. The molecule has 0 radical (unpaired) electrons. The summed E-state index contributed by atoms with van der Waals surface area (Å²) in [6.07, 6.45) is 1.64. The molecule has 1 heterocycles. The Balaban J connectivity index is 1.20. The Hall–Kier alpha value is -5.13. The molecule has 0 saturated carbocycles. The lowest BCUT2D eigenvalue weighted by atomic mass is 10.1. The average molecular weight is 652 g/mol. The van der Waals surface area contributed by atoms with Crippen LogP contribution in [0.25, 0.3) is 16.3 Å². The molecule has 0 unspecified atom stereocenters. The number of carbonyl (C=O) groups excluding carboxylic acids is 3. The minimum Gasteiger partial charge on any atom is -0.494 e. The van der Waals surface area contributed by atoms with Crippen molar-refractivity contribution in [2.75, 3.05) is 42.0 Å². The number of nitrogens with zero attached hydrogens (tertiary/aromatic N) is 2. The number of aromatic nitrogens is 1. The molecule has 0 bridgehead atoms. The number of rotatable bonds is 12. The van der Waals surface area contributed by atoms with Crippen LogP contribution < -0.4 is 25.6 Å². The van der Waals surface area contributed by atoms with Crippen molar-refractivity contribution >= 4 is 73.6 Å². The number of benzene rings is 4. The molecule has 11 heteroatoms.